The van der Waals surface area contributed by atoms with Gasteiger partial charge in [-0.2, -0.15) is 0 Å². The number of halogens is 1. The largest absolute Gasteiger partial charge is 0.496 e. The highest BCUT2D eigenvalue weighted by molar-refractivity contribution is 6.31. The van der Waals surface area contributed by atoms with Crippen molar-refractivity contribution in [1.82, 2.24) is 0 Å². The molecule has 0 unspecified atom stereocenters. The summed E-state index contributed by atoms with van der Waals surface area (Å²) in [6.45, 7) is 1.89. The predicted octanol–water partition coefficient (Wildman–Crippen LogP) is 3.89. The molecule has 0 amide bonds. The molecule has 2 aromatic rings. The number of methoxy groups -OCH3 is 1. The summed E-state index contributed by atoms with van der Waals surface area (Å²) in [7, 11) is 1.55. The first kappa shape index (κ1) is 12.7. The average molecular weight is 261 g/mol. The van der Waals surface area contributed by atoms with Crippen molar-refractivity contribution in [3.05, 3.63) is 64.2 Å². The fourth-order valence-corrected chi connectivity index (χ4v) is 1.99. The molecule has 0 radical (unpaired) electrons. The van der Waals surface area contributed by atoms with E-state index in [4.69, 9.17) is 16.3 Å². The summed E-state index contributed by atoms with van der Waals surface area (Å²) in [5, 5.41) is 0.554. The lowest BCUT2D eigenvalue weighted by atomic mass is 9.98. The molecule has 92 valence electrons. The number of hydrogen-bond acceptors (Lipinski definition) is 2. The van der Waals surface area contributed by atoms with Crippen molar-refractivity contribution in [2.24, 2.45) is 0 Å². The molecule has 0 bridgehead atoms. The van der Waals surface area contributed by atoms with Gasteiger partial charge in [-0.05, 0) is 36.8 Å². The molecule has 0 saturated heterocycles. The van der Waals surface area contributed by atoms with Gasteiger partial charge in [-0.25, -0.2) is 0 Å². The fraction of sp³-hybridized carbons (Fsp3) is 0.133. The number of para-hydroxylation sites is 1. The van der Waals surface area contributed by atoms with Crippen LogP contribution in [0.15, 0.2) is 42.5 Å². The van der Waals surface area contributed by atoms with Crippen LogP contribution >= 0.6 is 11.6 Å². The average Bonchev–Trinajstić information content (AvgIpc) is 2.40. The minimum atomic E-state index is -0.0764. The molecule has 2 nitrogen and oxygen atoms in total. The first-order valence-electron chi connectivity index (χ1n) is 5.57. The van der Waals surface area contributed by atoms with E-state index < -0.39 is 0 Å². The van der Waals surface area contributed by atoms with Crippen LogP contribution in [0.3, 0.4) is 0 Å². The van der Waals surface area contributed by atoms with E-state index in [1.165, 1.54) is 0 Å². The highest BCUT2D eigenvalue weighted by atomic mass is 35.5. The molecule has 0 spiro atoms. The summed E-state index contributed by atoms with van der Waals surface area (Å²) >= 11 is 5.94. The summed E-state index contributed by atoms with van der Waals surface area (Å²) in [6.07, 6.45) is 0. The number of carbonyl (C=O) groups excluding carboxylic acids is 1. The molecule has 0 aromatic heterocycles. The summed E-state index contributed by atoms with van der Waals surface area (Å²) in [6, 6.07) is 12.5. The van der Waals surface area contributed by atoms with Gasteiger partial charge in [-0.3, -0.25) is 4.79 Å². The Morgan fingerprint density at radius 3 is 2.56 bits per heavy atom. The van der Waals surface area contributed by atoms with Gasteiger partial charge in [0.2, 0.25) is 0 Å². The van der Waals surface area contributed by atoms with E-state index in [2.05, 4.69) is 0 Å². The van der Waals surface area contributed by atoms with Crippen molar-refractivity contribution >= 4 is 17.4 Å². The van der Waals surface area contributed by atoms with Gasteiger partial charge in [0.05, 0.1) is 12.7 Å². The summed E-state index contributed by atoms with van der Waals surface area (Å²) in [5.74, 6) is 0.495. The number of aryl methyl sites for hydroxylation is 1. The van der Waals surface area contributed by atoms with Gasteiger partial charge in [-0.1, -0.05) is 29.8 Å². The van der Waals surface area contributed by atoms with Crippen molar-refractivity contribution in [3.63, 3.8) is 0 Å². The summed E-state index contributed by atoms with van der Waals surface area (Å²) in [4.78, 5) is 12.5. The second-order valence-electron chi connectivity index (χ2n) is 3.99. The van der Waals surface area contributed by atoms with Crippen LogP contribution in [0.5, 0.6) is 5.75 Å². The van der Waals surface area contributed by atoms with E-state index in [-0.39, 0.29) is 5.78 Å². The smallest absolute Gasteiger partial charge is 0.197 e. The van der Waals surface area contributed by atoms with E-state index in [1.54, 1.807) is 31.4 Å². The molecule has 0 saturated carbocycles. The fourth-order valence-electron chi connectivity index (χ4n) is 1.82. The van der Waals surface area contributed by atoms with Crippen LogP contribution in [0.4, 0.5) is 0 Å². The Balaban J connectivity index is 2.51. The molecule has 0 fully saturated rings. The van der Waals surface area contributed by atoms with Gasteiger partial charge in [-0.15, -0.1) is 0 Å². The van der Waals surface area contributed by atoms with Gasteiger partial charge in [0.15, 0.2) is 5.78 Å². The number of ketones is 1. The molecule has 0 N–H and O–H groups in total. The molecule has 0 aliphatic rings. The molecule has 18 heavy (non-hydrogen) atoms. The number of rotatable bonds is 3. The quantitative estimate of drug-likeness (QED) is 0.783. The highest BCUT2D eigenvalue weighted by Gasteiger charge is 2.16. The van der Waals surface area contributed by atoms with Gasteiger partial charge < -0.3 is 4.74 Å². The Hall–Kier alpha value is -1.80. The zero-order valence-electron chi connectivity index (χ0n) is 10.2. The van der Waals surface area contributed by atoms with Crippen LogP contribution in [0.1, 0.15) is 21.5 Å². The maximum atomic E-state index is 12.5. The summed E-state index contributed by atoms with van der Waals surface area (Å²) < 4.78 is 5.20. The van der Waals surface area contributed by atoms with Crippen molar-refractivity contribution < 1.29 is 9.53 Å². The molecule has 0 aliphatic carbocycles. The lowest BCUT2D eigenvalue weighted by Crippen LogP contribution is -2.05. The maximum absolute atomic E-state index is 12.5. The van der Waals surface area contributed by atoms with Crippen LogP contribution in [-0.2, 0) is 0 Å². The number of carbonyl (C=O) groups is 1. The van der Waals surface area contributed by atoms with Crippen LogP contribution in [0.25, 0.3) is 0 Å². The van der Waals surface area contributed by atoms with Crippen LogP contribution in [0.2, 0.25) is 5.02 Å². The van der Waals surface area contributed by atoms with E-state index in [1.807, 2.05) is 25.1 Å². The Labute approximate surface area is 111 Å². The Morgan fingerprint density at radius 1 is 1.11 bits per heavy atom. The maximum Gasteiger partial charge on any atom is 0.197 e. The van der Waals surface area contributed by atoms with Gasteiger partial charge in [0.1, 0.15) is 5.75 Å². The topological polar surface area (TPSA) is 26.3 Å². The van der Waals surface area contributed by atoms with E-state index >= 15 is 0 Å². The molecule has 2 rings (SSSR count). The Bertz CT molecular complexity index is 591. The molecule has 3 heteroatoms. The molecule has 0 heterocycles. The Morgan fingerprint density at radius 2 is 1.83 bits per heavy atom. The van der Waals surface area contributed by atoms with Crippen LogP contribution < -0.4 is 4.74 Å². The molecule has 0 atom stereocenters. The lowest BCUT2D eigenvalue weighted by molar-refractivity contribution is 0.103. The standard InChI is InChI=1S/C15H13ClO2/c1-10-7-8-11(16)9-13(10)15(17)12-5-3-4-6-14(12)18-2/h3-9H,1-2H3. The van der Waals surface area contributed by atoms with Crippen molar-refractivity contribution in [2.75, 3.05) is 7.11 Å². The molecule has 2 aromatic carbocycles. The molecule has 0 aliphatic heterocycles. The first-order valence-corrected chi connectivity index (χ1v) is 5.95. The number of benzene rings is 2. The van der Waals surface area contributed by atoms with Crippen LogP contribution in [-0.4, -0.2) is 12.9 Å². The molecular weight excluding hydrogens is 248 g/mol. The number of ether oxygens (including phenoxy) is 1. The van der Waals surface area contributed by atoms with E-state index in [0.29, 0.717) is 21.9 Å². The second-order valence-corrected chi connectivity index (χ2v) is 4.43. The highest BCUT2D eigenvalue weighted by Crippen LogP contribution is 2.24. The zero-order valence-corrected chi connectivity index (χ0v) is 11.0. The summed E-state index contributed by atoms with van der Waals surface area (Å²) in [5.41, 5.74) is 2.05. The molecular formula is C15H13ClO2. The lowest BCUT2D eigenvalue weighted by Gasteiger charge is -2.09. The third-order valence-corrected chi connectivity index (χ3v) is 3.03. The minimum Gasteiger partial charge on any atom is -0.496 e. The van der Waals surface area contributed by atoms with E-state index in [0.717, 1.165) is 5.56 Å². The number of hydrogen-bond donors (Lipinski definition) is 0. The monoisotopic (exact) mass is 260 g/mol. The van der Waals surface area contributed by atoms with Crippen molar-refractivity contribution in [3.8, 4) is 5.75 Å². The van der Waals surface area contributed by atoms with Gasteiger partial charge in [0.25, 0.3) is 0 Å². The van der Waals surface area contributed by atoms with Gasteiger partial charge >= 0.3 is 0 Å². The third kappa shape index (κ3) is 2.39. The Kier molecular flexibility index (Phi) is 3.68. The minimum absolute atomic E-state index is 0.0764. The van der Waals surface area contributed by atoms with Gasteiger partial charge in [0, 0.05) is 10.6 Å². The van der Waals surface area contributed by atoms with Crippen molar-refractivity contribution in [2.45, 2.75) is 6.92 Å². The normalized spacial score (nSPS) is 10.2. The first-order chi connectivity index (χ1) is 8.63. The zero-order chi connectivity index (χ0) is 13.1. The SMILES string of the molecule is COc1ccccc1C(=O)c1cc(Cl)ccc1C. The van der Waals surface area contributed by atoms with E-state index in [9.17, 15) is 4.79 Å². The third-order valence-electron chi connectivity index (χ3n) is 2.80. The second kappa shape index (κ2) is 5.23. The predicted molar refractivity (Wildman–Crippen MR) is 72.6 cm³/mol. The van der Waals surface area contributed by atoms with Crippen molar-refractivity contribution in [1.29, 1.82) is 0 Å². The van der Waals surface area contributed by atoms with Crippen LogP contribution in [0, 0.1) is 6.92 Å².